The van der Waals surface area contributed by atoms with Crippen molar-refractivity contribution in [2.24, 2.45) is 0 Å². The second-order valence-corrected chi connectivity index (χ2v) is 6.74. The molecular weight excluding hydrogens is 376 g/mol. The Morgan fingerprint density at radius 2 is 2.00 bits per heavy atom. The highest BCUT2D eigenvalue weighted by molar-refractivity contribution is 7.18. The highest BCUT2D eigenvalue weighted by atomic mass is 32.1. The van der Waals surface area contributed by atoms with Crippen LogP contribution in [0.25, 0.3) is 0 Å². The SMILES string of the molecule is CCOC(=O)c1c(NC(=O)COC(=O)[C@@H]2CCCO2)sc(C(=O)NC)c1C. The molecule has 2 rings (SSSR count). The number of anilines is 1. The van der Waals surface area contributed by atoms with Gasteiger partial charge in [-0.15, -0.1) is 11.3 Å². The summed E-state index contributed by atoms with van der Waals surface area (Å²) in [6, 6.07) is 0. The number of rotatable bonds is 7. The molecular formula is C17H22N2O7S. The largest absolute Gasteiger partial charge is 0.462 e. The lowest BCUT2D eigenvalue weighted by molar-refractivity contribution is -0.156. The molecule has 1 saturated heterocycles. The third-order valence-electron chi connectivity index (χ3n) is 3.85. The van der Waals surface area contributed by atoms with E-state index in [1.54, 1.807) is 13.8 Å². The summed E-state index contributed by atoms with van der Waals surface area (Å²) in [5.74, 6) is -2.25. The van der Waals surface area contributed by atoms with E-state index in [0.29, 0.717) is 18.6 Å². The van der Waals surface area contributed by atoms with Crippen molar-refractivity contribution in [2.45, 2.75) is 32.8 Å². The average Bonchev–Trinajstić information content (AvgIpc) is 3.27. The van der Waals surface area contributed by atoms with Crippen molar-refractivity contribution >= 4 is 40.1 Å². The van der Waals surface area contributed by atoms with Crippen LogP contribution in [0.15, 0.2) is 0 Å². The van der Waals surface area contributed by atoms with Crippen molar-refractivity contribution in [1.82, 2.24) is 5.32 Å². The summed E-state index contributed by atoms with van der Waals surface area (Å²) in [7, 11) is 1.47. The lowest BCUT2D eigenvalue weighted by atomic mass is 10.1. The van der Waals surface area contributed by atoms with Crippen molar-refractivity contribution in [3.63, 3.8) is 0 Å². The topological polar surface area (TPSA) is 120 Å². The summed E-state index contributed by atoms with van der Waals surface area (Å²) in [5, 5.41) is 5.17. The highest BCUT2D eigenvalue weighted by Gasteiger charge is 2.28. The minimum Gasteiger partial charge on any atom is -0.462 e. The van der Waals surface area contributed by atoms with Crippen LogP contribution in [0, 0.1) is 6.92 Å². The Hall–Kier alpha value is -2.46. The molecule has 10 heteroatoms. The van der Waals surface area contributed by atoms with Gasteiger partial charge in [-0.1, -0.05) is 0 Å². The summed E-state index contributed by atoms with van der Waals surface area (Å²) in [6.07, 6.45) is 0.690. The van der Waals surface area contributed by atoms with Crippen LogP contribution >= 0.6 is 11.3 Å². The zero-order valence-electron chi connectivity index (χ0n) is 15.4. The fourth-order valence-corrected chi connectivity index (χ4v) is 3.69. The lowest BCUT2D eigenvalue weighted by Crippen LogP contribution is -2.27. The smallest absolute Gasteiger partial charge is 0.341 e. The van der Waals surface area contributed by atoms with Gasteiger partial charge in [-0.2, -0.15) is 0 Å². The summed E-state index contributed by atoms with van der Waals surface area (Å²) >= 11 is 0.951. The molecule has 2 N–H and O–H groups in total. The Bertz CT molecular complexity index is 738. The third kappa shape index (κ3) is 5.04. The van der Waals surface area contributed by atoms with Gasteiger partial charge in [0, 0.05) is 13.7 Å². The Morgan fingerprint density at radius 1 is 1.26 bits per heavy atom. The lowest BCUT2D eigenvalue weighted by Gasteiger charge is -2.10. The minimum atomic E-state index is -0.645. The van der Waals surface area contributed by atoms with Crippen LogP contribution in [0.1, 0.15) is 45.4 Å². The standard InChI is InChI=1S/C17H22N2O7S/c1-4-24-17(23)12-9(2)13(14(21)18-3)27-15(12)19-11(20)8-26-16(22)10-6-5-7-25-10/h10H,4-8H2,1-3H3,(H,18,21)(H,19,20)/t10-/m0/s1. The molecule has 0 aliphatic carbocycles. The Kier molecular flexibility index (Phi) is 7.31. The number of nitrogens with one attached hydrogen (secondary N) is 2. The van der Waals surface area contributed by atoms with Crippen molar-refractivity contribution in [3.8, 4) is 0 Å². The molecule has 1 aromatic heterocycles. The predicted molar refractivity (Wildman–Crippen MR) is 97.0 cm³/mol. The van der Waals surface area contributed by atoms with Gasteiger partial charge in [-0.3, -0.25) is 9.59 Å². The van der Waals surface area contributed by atoms with Gasteiger partial charge in [0.05, 0.1) is 17.0 Å². The van der Waals surface area contributed by atoms with E-state index in [1.807, 2.05) is 0 Å². The first-order valence-corrected chi connectivity index (χ1v) is 9.31. The van der Waals surface area contributed by atoms with E-state index in [9.17, 15) is 19.2 Å². The molecule has 148 valence electrons. The zero-order valence-corrected chi connectivity index (χ0v) is 16.2. The number of hydrogen-bond donors (Lipinski definition) is 2. The molecule has 0 unspecified atom stereocenters. The van der Waals surface area contributed by atoms with Crippen LogP contribution in [-0.4, -0.2) is 56.7 Å². The fourth-order valence-electron chi connectivity index (χ4n) is 2.54. The van der Waals surface area contributed by atoms with Crippen LogP contribution < -0.4 is 10.6 Å². The van der Waals surface area contributed by atoms with E-state index in [2.05, 4.69) is 10.6 Å². The maximum atomic E-state index is 12.2. The fraction of sp³-hybridized carbons (Fsp3) is 0.529. The van der Waals surface area contributed by atoms with Crippen LogP contribution in [0.2, 0.25) is 0 Å². The van der Waals surface area contributed by atoms with Crippen molar-refractivity contribution in [1.29, 1.82) is 0 Å². The van der Waals surface area contributed by atoms with Crippen LogP contribution in [0.4, 0.5) is 5.00 Å². The van der Waals surface area contributed by atoms with Gasteiger partial charge in [0.1, 0.15) is 5.00 Å². The van der Waals surface area contributed by atoms with Crippen molar-refractivity contribution in [3.05, 3.63) is 16.0 Å². The van der Waals surface area contributed by atoms with E-state index in [4.69, 9.17) is 14.2 Å². The molecule has 0 saturated carbocycles. The monoisotopic (exact) mass is 398 g/mol. The van der Waals surface area contributed by atoms with Crippen molar-refractivity contribution in [2.75, 3.05) is 32.2 Å². The molecule has 1 atom stereocenters. The number of carbonyl (C=O) groups excluding carboxylic acids is 4. The molecule has 2 amide bonds. The van der Waals surface area contributed by atoms with Gasteiger partial charge in [0.15, 0.2) is 12.7 Å². The average molecular weight is 398 g/mol. The van der Waals surface area contributed by atoms with E-state index >= 15 is 0 Å². The first-order valence-electron chi connectivity index (χ1n) is 8.49. The summed E-state index contributed by atoms with van der Waals surface area (Å²) in [6.45, 7) is 3.37. The minimum absolute atomic E-state index is 0.110. The molecule has 0 spiro atoms. The van der Waals surface area contributed by atoms with Gasteiger partial charge in [0.2, 0.25) is 0 Å². The van der Waals surface area contributed by atoms with E-state index in [1.165, 1.54) is 7.05 Å². The first kappa shape index (κ1) is 20.8. The molecule has 1 aliphatic heterocycles. The summed E-state index contributed by atoms with van der Waals surface area (Å²) < 4.78 is 15.1. The van der Waals surface area contributed by atoms with E-state index in [-0.39, 0.29) is 28.0 Å². The predicted octanol–water partition coefficient (Wildman–Crippen LogP) is 1.25. The Balaban J connectivity index is 2.10. The zero-order chi connectivity index (χ0) is 20.0. The highest BCUT2D eigenvalue weighted by Crippen LogP contribution is 2.33. The van der Waals surface area contributed by atoms with Gasteiger partial charge in [-0.05, 0) is 32.3 Å². The third-order valence-corrected chi connectivity index (χ3v) is 5.06. The molecule has 0 bridgehead atoms. The quantitative estimate of drug-likeness (QED) is 0.663. The second-order valence-electron chi connectivity index (χ2n) is 5.72. The maximum Gasteiger partial charge on any atom is 0.341 e. The Morgan fingerprint density at radius 3 is 2.59 bits per heavy atom. The van der Waals surface area contributed by atoms with Crippen LogP contribution in [-0.2, 0) is 23.8 Å². The normalized spacial score (nSPS) is 15.9. The molecule has 1 aliphatic rings. The van der Waals surface area contributed by atoms with Gasteiger partial charge < -0.3 is 24.8 Å². The van der Waals surface area contributed by atoms with Crippen LogP contribution in [0.3, 0.4) is 0 Å². The molecule has 9 nitrogen and oxygen atoms in total. The number of esters is 2. The van der Waals surface area contributed by atoms with Gasteiger partial charge in [-0.25, -0.2) is 9.59 Å². The summed E-state index contributed by atoms with van der Waals surface area (Å²) in [4.78, 5) is 48.4. The van der Waals surface area contributed by atoms with E-state index in [0.717, 1.165) is 17.8 Å². The van der Waals surface area contributed by atoms with Gasteiger partial charge >= 0.3 is 11.9 Å². The van der Waals surface area contributed by atoms with E-state index < -0.39 is 30.6 Å². The molecule has 0 aromatic carbocycles. The van der Waals surface area contributed by atoms with Crippen molar-refractivity contribution < 1.29 is 33.4 Å². The number of hydrogen-bond acceptors (Lipinski definition) is 8. The summed E-state index contributed by atoms with van der Waals surface area (Å²) in [5.41, 5.74) is 0.517. The molecule has 1 fully saturated rings. The Labute approximate surface area is 160 Å². The maximum absolute atomic E-state index is 12.2. The molecule has 27 heavy (non-hydrogen) atoms. The number of amides is 2. The second kappa shape index (κ2) is 9.47. The molecule has 2 heterocycles. The number of carbonyl (C=O) groups is 4. The first-order chi connectivity index (χ1) is 12.9. The number of thiophene rings is 1. The van der Waals surface area contributed by atoms with Gasteiger partial charge in [0.25, 0.3) is 11.8 Å². The van der Waals surface area contributed by atoms with Crippen LogP contribution in [0.5, 0.6) is 0 Å². The molecule has 1 aromatic rings. The molecule has 0 radical (unpaired) electrons. The number of ether oxygens (including phenoxy) is 3.